The third-order valence-electron chi connectivity index (χ3n) is 2.63. The monoisotopic (exact) mass is 242 g/mol. The van der Waals surface area contributed by atoms with Crippen molar-refractivity contribution < 1.29 is 14.3 Å². The molecule has 1 aromatic heterocycles. The van der Waals surface area contributed by atoms with E-state index in [1.165, 1.54) is 18.7 Å². The second kappa shape index (κ2) is 4.44. The van der Waals surface area contributed by atoms with Crippen molar-refractivity contribution in [2.45, 2.75) is 0 Å². The van der Waals surface area contributed by atoms with Crippen molar-refractivity contribution in [1.29, 1.82) is 0 Å². The third-order valence-corrected chi connectivity index (χ3v) is 2.63. The minimum Gasteiger partial charge on any atom is -0.486 e. The topological polar surface area (TPSA) is 61.3 Å². The van der Waals surface area contributed by atoms with Crippen LogP contribution in [0.4, 0.5) is 0 Å². The SMILES string of the molecule is O=C(c1cncnc1)c1ccc2c(c1)OCCO2. The number of ether oxygens (including phenoxy) is 2. The molecular formula is C13H10N2O3. The summed E-state index contributed by atoms with van der Waals surface area (Å²) in [5.74, 6) is 1.14. The molecule has 0 bridgehead atoms. The van der Waals surface area contributed by atoms with Gasteiger partial charge in [0.15, 0.2) is 17.3 Å². The molecule has 1 aliphatic heterocycles. The fourth-order valence-corrected chi connectivity index (χ4v) is 1.77. The normalized spacial score (nSPS) is 13.1. The molecule has 0 aliphatic carbocycles. The van der Waals surface area contributed by atoms with Gasteiger partial charge in [-0.05, 0) is 18.2 Å². The summed E-state index contributed by atoms with van der Waals surface area (Å²) in [5, 5.41) is 0. The number of hydrogen-bond donors (Lipinski definition) is 0. The quantitative estimate of drug-likeness (QED) is 0.746. The first-order valence-corrected chi connectivity index (χ1v) is 5.54. The van der Waals surface area contributed by atoms with Crippen LogP contribution in [0.25, 0.3) is 0 Å². The molecule has 5 heteroatoms. The Balaban J connectivity index is 1.95. The van der Waals surface area contributed by atoms with Gasteiger partial charge in [0, 0.05) is 18.0 Å². The average molecular weight is 242 g/mol. The van der Waals surface area contributed by atoms with Crippen molar-refractivity contribution in [1.82, 2.24) is 9.97 Å². The maximum absolute atomic E-state index is 12.2. The molecule has 0 fully saturated rings. The zero-order valence-corrected chi connectivity index (χ0v) is 9.50. The predicted molar refractivity (Wildman–Crippen MR) is 62.9 cm³/mol. The minimum absolute atomic E-state index is 0.132. The van der Waals surface area contributed by atoms with Crippen LogP contribution >= 0.6 is 0 Å². The summed E-state index contributed by atoms with van der Waals surface area (Å²) in [4.78, 5) is 19.8. The number of aromatic nitrogens is 2. The molecule has 0 radical (unpaired) electrons. The van der Waals surface area contributed by atoms with E-state index in [0.29, 0.717) is 35.8 Å². The fraction of sp³-hybridized carbons (Fsp3) is 0.154. The first-order chi connectivity index (χ1) is 8.84. The maximum atomic E-state index is 12.2. The summed E-state index contributed by atoms with van der Waals surface area (Å²) < 4.78 is 10.8. The van der Waals surface area contributed by atoms with E-state index >= 15 is 0 Å². The number of ketones is 1. The molecule has 2 heterocycles. The Morgan fingerprint density at radius 3 is 2.50 bits per heavy atom. The molecule has 5 nitrogen and oxygen atoms in total. The molecule has 18 heavy (non-hydrogen) atoms. The van der Waals surface area contributed by atoms with E-state index in [1.807, 2.05) is 0 Å². The molecule has 0 N–H and O–H groups in total. The predicted octanol–water partition coefficient (Wildman–Crippen LogP) is 1.48. The van der Waals surface area contributed by atoms with Crippen molar-refractivity contribution in [3.05, 3.63) is 48.0 Å². The zero-order valence-electron chi connectivity index (χ0n) is 9.50. The number of nitrogens with zero attached hydrogens (tertiary/aromatic N) is 2. The maximum Gasteiger partial charge on any atom is 0.196 e. The Morgan fingerprint density at radius 1 is 1.00 bits per heavy atom. The van der Waals surface area contributed by atoms with Crippen LogP contribution in [0, 0.1) is 0 Å². The van der Waals surface area contributed by atoms with Crippen LogP contribution < -0.4 is 9.47 Å². The Kier molecular flexibility index (Phi) is 2.64. The van der Waals surface area contributed by atoms with Gasteiger partial charge in [0.2, 0.25) is 0 Å². The Bertz CT molecular complexity index is 584. The van der Waals surface area contributed by atoms with Crippen molar-refractivity contribution in [2.24, 2.45) is 0 Å². The first-order valence-electron chi connectivity index (χ1n) is 5.54. The van der Waals surface area contributed by atoms with Crippen molar-refractivity contribution >= 4 is 5.78 Å². The molecule has 0 saturated heterocycles. The Labute approximate surface area is 103 Å². The number of fused-ring (bicyclic) bond motifs is 1. The van der Waals surface area contributed by atoms with Crippen LogP contribution in [0.5, 0.6) is 11.5 Å². The smallest absolute Gasteiger partial charge is 0.196 e. The zero-order chi connectivity index (χ0) is 12.4. The number of benzene rings is 1. The lowest BCUT2D eigenvalue weighted by Crippen LogP contribution is -2.16. The van der Waals surface area contributed by atoms with Crippen LogP contribution in [0.1, 0.15) is 15.9 Å². The molecule has 0 spiro atoms. The van der Waals surface area contributed by atoms with Gasteiger partial charge in [0.25, 0.3) is 0 Å². The van der Waals surface area contributed by atoms with Gasteiger partial charge in [-0.25, -0.2) is 9.97 Å². The minimum atomic E-state index is -0.132. The molecule has 2 aromatic rings. The van der Waals surface area contributed by atoms with E-state index in [1.54, 1.807) is 18.2 Å². The third kappa shape index (κ3) is 1.90. The van der Waals surface area contributed by atoms with Gasteiger partial charge < -0.3 is 9.47 Å². The molecule has 0 saturated carbocycles. The van der Waals surface area contributed by atoms with Gasteiger partial charge in [-0.15, -0.1) is 0 Å². The lowest BCUT2D eigenvalue weighted by Gasteiger charge is -2.18. The summed E-state index contributed by atoms with van der Waals surface area (Å²) >= 11 is 0. The van der Waals surface area contributed by atoms with Gasteiger partial charge in [-0.1, -0.05) is 0 Å². The molecule has 3 rings (SSSR count). The highest BCUT2D eigenvalue weighted by molar-refractivity contribution is 6.08. The first kappa shape index (κ1) is 10.7. The summed E-state index contributed by atoms with van der Waals surface area (Å²) in [6, 6.07) is 5.14. The van der Waals surface area contributed by atoms with Crippen LogP contribution in [-0.4, -0.2) is 29.0 Å². The average Bonchev–Trinajstić information content (AvgIpc) is 2.47. The highest BCUT2D eigenvalue weighted by Gasteiger charge is 2.16. The molecule has 0 atom stereocenters. The fourth-order valence-electron chi connectivity index (χ4n) is 1.77. The highest BCUT2D eigenvalue weighted by atomic mass is 16.6. The second-order valence-electron chi connectivity index (χ2n) is 3.81. The van der Waals surface area contributed by atoms with E-state index < -0.39 is 0 Å². The molecule has 0 amide bonds. The lowest BCUT2D eigenvalue weighted by atomic mass is 10.1. The highest BCUT2D eigenvalue weighted by Crippen LogP contribution is 2.31. The molecule has 1 aliphatic rings. The van der Waals surface area contributed by atoms with Gasteiger partial charge in [0.05, 0.1) is 5.56 Å². The van der Waals surface area contributed by atoms with Crippen molar-refractivity contribution in [3.8, 4) is 11.5 Å². The lowest BCUT2D eigenvalue weighted by molar-refractivity contribution is 0.103. The van der Waals surface area contributed by atoms with Gasteiger partial charge in [0.1, 0.15) is 19.5 Å². The molecular weight excluding hydrogens is 232 g/mol. The second-order valence-corrected chi connectivity index (χ2v) is 3.81. The van der Waals surface area contributed by atoms with Gasteiger partial charge in [-0.2, -0.15) is 0 Å². The van der Waals surface area contributed by atoms with Crippen LogP contribution in [0.2, 0.25) is 0 Å². The van der Waals surface area contributed by atoms with Gasteiger partial charge >= 0.3 is 0 Å². The summed E-state index contributed by atoms with van der Waals surface area (Å²) in [5.41, 5.74) is 0.989. The molecule has 0 unspecified atom stereocenters. The van der Waals surface area contributed by atoms with Gasteiger partial charge in [-0.3, -0.25) is 4.79 Å². The van der Waals surface area contributed by atoms with Crippen LogP contribution in [0.3, 0.4) is 0 Å². The Morgan fingerprint density at radius 2 is 1.72 bits per heavy atom. The molecule has 1 aromatic carbocycles. The van der Waals surface area contributed by atoms with Crippen LogP contribution in [0.15, 0.2) is 36.9 Å². The summed E-state index contributed by atoms with van der Waals surface area (Å²) in [6.45, 7) is 1.03. The van der Waals surface area contributed by atoms with Crippen molar-refractivity contribution in [2.75, 3.05) is 13.2 Å². The molecule has 90 valence electrons. The number of carbonyl (C=O) groups excluding carboxylic acids is 1. The van der Waals surface area contributed by atoms with Crippen molar-refractivity contribution in [3.63, 3.8) is 0 Å². The summed E-state index contributed by atoms with van der Waals surface area (Å²) in [6.07, 6.45) is 4.37. The summed E-state index contributed by atoms with van der Waals surface area (Å²) in [7, 11) is 0. The van der Waals surface area contributed by atoms with E-state index in [4.69, 9.17) is 9.47 Å². The Hall–Kier alpha value is -2.43. The standard InChI is InChI=1S/C13H10N2O3/c16-13(10-6-14-8-15-7-10)9-1-2-11-12(5-9)18-4-3-17-11/h1-2,5-8H,3-4H2. The van der Waals surface area contributed by atoms with E-state index in [0.717, 1.165) is 0 Å². The number of carbonyl (C=O) groups is 1. The van der Waals surface area contributed by atoms with E-state index in [2.05, 4.69) is 9.97 Å². The largest absolute Gasteiger partial charge is 0.486 e. The van der Waals surface area contributed by atoms with Crippen LogP contribution in [-0.2, 0) is 0 Å². The number of rotatable bonds is 2. The van der Waals surface area contributed by atoms with E-state index in [9.17, 15) is 4.79 Å². The number of hydrogen-bond acceptors (Lipinski definition) is 5. The van der Waals surface area contributed by atoms with E-state index in [-0.39, 0.29) is 5.78 Å².